The number of carboxylic acid groups (broad SMARTS) is 1. The smallest absolute Gasteiger partial charge is 0.332 e. The van der Waals surface area contributed by atoms with Gasteiger partial charge in [-0.15, -0.1) is 11.3 Å². The highest BCUT2D eigenvalue weighted by atomic mass is 32.1. The number of amides is 1. The van der Waals surface area contributed by atoms with Gasteiger partial charge in [-0.3, -0.25) is 4.79 Å². The Morgan fingerprint density at radius 3 is 2.71 bits per heavy atom. The summed E-state index contributed by atoms with van der Waals surface area (Å²) in [7, 11) is 0. The Bertz CT molecular complexity index is 489. The van der Waals surface area contributed by atoms with E-state index in [1.807, 2.05) is 19.2 Å². The van der Waals surface area contributed by atoms with Gasteiger partial charge in [-0.05, 0) is 26.7 Å². The Morgan fingerprint density at radius 1 is 1.48 bits per heavy atom. The molecule has 7 heteroatoms. The van der Waals surface area contributed by atoms with E-state index in [0.29, 0.717) is 25.8 Å². The number of aliphatic carboxylic acids is 1. The fourth-order valence-corrected chi connectivity index (χ4v) is 3.01. The van der Waals surface area contributed by atoms with Crippen molar-refractivity contribution < 1.29 is 19.4 Å². The molecule has 1 saturated heterocycles. The quantitative estimate of drug-likeness (QED) is 0.862. The van der Waals surface area contributed by atoms with Crippen LogP contribution in [0.15, 0.2) is 11.6 Å². The minimum Gasteiger partial charge on any atom is -0.479 e. The van der Waals surface area contributed by atoms with Crippen molar-refractivity contribution in [3.05, 3.63) is 16.6 Å². The highest BCUT2D eigenvalue weighted by molar-refractivity contribution is 7.09. The van der Waals surface area contributed by atoms with Crippen LogP contribution in [-0.2, 0) is 20.7 Å². The summed E-state index contributed by atoms with van der Waals surface area (Å²) in [5.41, 5.74) is 0. The number of carbonyl (C=O) groups excluding carboxylic acids is 1. The molecule has 1 N–H and O–H groups in total. The Kier molecular flexibility index (Phi) is 5.30. The normalized spacial score (nSPS) is 21.7. The molecular formula is C14H20N2O4S. The predicted molar refractivity (Wildman–Crippen MR) is 78.2 cm³/mol. The van der Waals surface area contributed by atoms with Crippen molar-refractivity contribution in [3.8, 4) is 0 Å². The maximum Gasteiger partial charge on any atom is 0.332 e. The molecule has 21 heavy (non-hydrogen) atoms. The average molecular weight is 312 g/mol. The molecule has 1 amide bonds. The van der Waals surface area contributed by atoms with E-state index < -0.39 is 18.2 Å². The summed E-state index contributed by atoms with van der Waals surface area (Å²) in [6.45, 7) is 4.47. The van der Waals surface area contributed by atoms with Crippen LogP contribution in [0.1, 0.15) is 31.7 Å². The van der Waals surface area contributed by atoms with Gasteiger partial charge in [0.15, 0.2) is 6.10 Å². The van der Waals surface area contributed by atoms with Gasteiger partial charge in [0.2, 0.25) is 0 Å². The van der Waals surface area contributed by atoms with Crippen molar-refractivity contribution in [2.24, 2.45) is 0 Å². The molecule has 1 aromatic rings. The van der Waals surface area contributed by atoms with Gasteiger partial charge in [0.05, 0.1) is 5.01 Å². The second kappa shape index (κ2) is 7.00. The van der Waals surface area contributed by atoms with Crippen LogP contribution in [0.25, 0.3) is 0 Å². The van der Waals surface area contributed by atoms with Gasteiger partial charge >= 0.3 is 5.97 Å². The third-order valence-electron chi connectivity index (χ3n) is 3.53. The van der Waals surface area contributed by atoms with Crippen molar-refractivity contribution >= 4 is 23.2 Å². The number of hydrogen-bond acceptors (Lipinski definition) is 5. The Balaban J connectivity index is 1.94. The molecule has 6 nitrogen and oxygen atoms in total. The van der Waals surface area contributed by atoms with E-state index >= 15 is 0 Å². The number of aromatic nitrogens is 1. The molecule has 0 bridgehead atoms. The summed E-state index contributed by atoms with van der Waals surface area (Å²) in [5.74, 6) is -1.12. The van der Waals surface area contributed by atoms with Crippen LogP contribution in [0.5, 0.6) is 0 Å². The van der Waals surface area contributed by atoms with Crippen molar-refractivity contribution in [3.63, 3.8) is 0 Å². The van der Waals surface area contributed by atoms with E-state index in [-0.39, 0.29) is 11.9 Å². The summed E-state index contributed by atoms with van der Waals surface area (Å²) in [6.07, 6.45) is 1.83. The minimum atomic E-state index is -0.996. The summed E-state index contributed by atoms with van der Waals surface area (Å²) in [5, 5.41) is 11.8. The van der Waals surface area contributed by atoms with Gasteiger partial charge in [0, 0.05) is 30.6 Å². The lowest BCUT2D eigenvalue weighted by Crippen LogP contribution is -2.44. The van der Waals surface area contributed by atoms with Crippen LogP contribution in [0, 0.1) is 0 Å². The molecule has 2 rings (SSSR count). The van der Waals surface area contributed by atoms with Crippen LogP contribution in [0.4, 0.5) is 0 Å². The molecular weight excluding hydrogens is 292 g/mol. The van der Waals surface area contributed by atoms with E-state index in [0.717, 1.165) is 5.01 Å². The molecule has 116 valence electrons. The van der Waals surface area contributed by atoms with Crippen LogP contribution in [0.2, 0.25) is 0 Å². The molecule has 1 fully saturated rings. The molecule has 0 aromatic carbocycles. The molecule has 1 aliphatic heterocycles. The molecule has 0 unspecified atom stereocenters. The average Bonchev–Trinajstić information content (AvgIpc) is 3.09. The van der Waals surface area contributed by atoms with E-state index in [4.69, 9.17) is 9.84 Å². The number of ether oxygens (including phenoxy) is 1. The first-order chi connectivity index (χ1) is 9.99. The molecule has 1 aliphatic rings. The van der Waals surface area contributed by atoms with Crippen LogP contribution >= 0.6 is 11.3 Å². The number of nitrogens with zero attached hydrogens (tertiary/aromatic N) is 2. The number of carbonyl (C=O) groups is 2. The van der Waals surface area contributed by atoms with Crippen LogP contribution in [0.3, 0.4) is 0 Å². The zero-order valence-electron chi connectivity index (χ0n) is 12.2. The number of rotatable bonds is 6. The number of carboxylic acids is 1. The molecule has 0 saturated carbocycles. The van der Waals surface area contributed by atoms with Gasteiger partial charge in [0.25, 0.3) is 5.91 Å². The highest BCUT2D eigenvalue weighted by Crippen LogP contribution is 2.22. The Hall–Kier alpha value is -1.47. The third-order valence-corrected chi connectivity index (χ3v) is 4.37. The standard InChI is InChI=1S/C14H20N2O4S/c1-9(2)16(7-5-12-15-6-8-21-12)13(17)10-3-4-11(20-10)14(18)19/h6,8-11H,3-5,7H2,1-2H3,(H,18,19)/t10-,11+/m0/s1. The van der Waals surface area contributed by atoms with E-state index in [1.165, 1.54) is 0 Å². The Morgan fingerprint density at radius 2 is 2.19 bits per heavy atom. The summed E-state index contributed by atoms with van der Waals surface area (Å²) < 4.78 is 5.35. The van der Waals surface area contributed by atoms with Gasteiger partial charge < -0.3 is 14.7 Å². The molecule has 1 aromatic heterocycles. The first kappa shape index (κ1) is 15.9. The molecule has 0 aliphatic carbocycles. The van der Waals surface area contributed by atoms with Crippen LogP contribution < -0.4 is 0 Å². The number of thiazole rings is 1. The third kappa shape index (κ3) is 4.01. The fourth-order valence-electron chi connectivity index (χ4n) is 2.40. The monoisotopic (exact) mass is 312 g/mol. The molecule has 2 heterocycles. The lowest BCUT2D eigenvalue weighted by atomic mass is 10.1. The lowest BCUT2D eigenvalue weighted by Gasteiger charge is -2.29. The zero-order valence-corrected chi connectivity index (χ0v) is 13.0. The maximum absolute atomic E-state index is 12.5. The summed E-state index contributed by atoms with van der Waals surface area (Å²) in [6, 6.07) is 0.0462. The van der Waals surface area contributed by atoms with Crippen molar-refractivity contribution in [2.75, 3.05) is 6.54 Å². The van der Waals surface area contributed by atoms with Gasteiger partial charge in [-0.1, -0.05) is 0 Å². The van der Waals surface area contributed by atoms with Gasteiger partial charge in [0.1, 0.15) is 6.10 Å². The topological polar surface area (TPSA) is 79.7 Å². The van der Waals surface area contributed by atoms with Gasteiger partial charge in [-0.2, -0.15) is 0 Å². The molecule has 0 radical (unpaired) electrons. The molecule has 2 atom stereocenters. The predicted octanol–water partition coefficient (Wildman–Crippen LogP) is 1.55. The van der Waals surface area contributed by atoms with E-state index in [1.54, 1.807) is 22.4 Å². The fraction of sp³-hybridized carbons (Fsp3) is 0.643. The van der Waals surface area contributed by atoms with Crippen molar-refractivity contribution in [1.82, 2.24) is 9.88 Å². The van der Waals surface area contributed by atoms with Crippen LogP contribution in [-0.4, -0.2) is 51.7 Å². The van der Waals surface area contributed by atoms with Crippen molar-refractivity contribution in [2.45, 2.75) is 51.4 Å². The molecule has 0 spiro atoms. The second-order valence-electron chi connectivity index (χ2n) is 5.33. The van der Waals surface area contributed by atoms with E-state index in [2.05, 4.69) is 4.98 Å². The zero-order chi connectivity index (χ0) is 15.4. The van der Waals surface area contributed by atoms with Gasteiger partial charge in [-0.25, -0.2) is 9.78 Å². The Labute approximate surface area is 127 Å². The lowest BCUT2D eigenvalue weighted by molar-refractivity contribution is -0.155. The summed E-state index contributed by atoms with van der Waals surface area (Å²) >= 11 is 1.57. The summed E-state index contributed by atoms with van der Waals surface area (Å²) in [4.78, 5) is 29.4. The largest absolute Gasteiger partial charge is 0.479 e. The van der Waals surface area contributed by atoms with E-state index in [9.17, 15) is 9.59 Å². The minimum absolute atomic E-state index is 0.0462. The van der Waals surface area contributed by atoms with Crippen molar-refractivity contribution in [1.29, 1.82) is 0 Å². The first-order valence-corrected chi connectivity index (χ1v) is 7.94. The maximum atomic E-state index is 12.5. The first-order valence-electron chi connectivity index (χ1n) is 7.06. The SMILES string of the molecule is CC(C)N(CCc1nccs1)C(=O)[C@@H]1CC[C@H](C(=O)O)O1. The second-order valence-corrected chi connectivity index (χ2v) is 6.31. The number of hydrogen-bond donors (Lipinski definition) is 1. The highest BCUT2D eigenvalue weighted by Gasteiger charge is 2.37.